The molecule has 0 saturated carbocycles. The SMILES string of the molecule is CC(C)(C)OC(=O)N1Cc2ccccc2C1COO. The Hall–Kier alpha value is -1.59. The summed E-state index contributed by atoms with van der Waals surface area (Å²) >= 11 is 0. The van der Waals surface area contributed by atoms with Gasteiger partial charge >= 0.3 is 6.09 Å². The molecule has 0 spiro atoms. The molecule has 1 N–H and O–H groups in total. The van der Waals surface area contributed by atoms with Gasteiger partial charge in [-0.3, -0.25) is 10.2 Å². The van der Waals surface area contributed by atoms with Gasteiger partial charge in [-0.05, 0) is 31.9 Å². The summed E-state index contributed by atoms with van der Waals surface area (Å²) in [6, 6.07) is 7.42. The number of carbonyl (C=O) groups is 1. The van der Waals surface area contributed by atoms with Gasteiger partial charge in [-0.15, -0.1) is 0 Å². The van der Waals surface area contributed by atoms with Crippen LogP contribution in [0.3, 0.4) is 0 Å². The highest BCUT2D eigenvalue weighted by Crippen LogP contribution is 2.34. The zero-order valence-corrected chi connectivity index (χ0v) is 11.4. The highest BCUT2D eigenvalue weighted by atomic mass is 17.1. The average Bonchev–Trinajstić information content (AvgIpc) is 2.67. The van der Waals surface area contributed by atoms with E-state index in [1.807, 2.05) is 45.0 Å². The molecule has 2 rings (SSSR count). The van der Waals surface area contributed by atoms with E-state index in [1.165, 1.54) is 0 Å². The van der Waals surface area contributed by atoms with E-state index >= 15 is 0 Å². The van der Waals surface area contributed by atoms with E-state index in [1.54, 1.807) is 4.90 Å². The van der Waals surface area contributed by atoms with Crippen LogP contribution < -0.4 is 0 Å². The topological polar surface area (TPSA) is 59.0 Å². The van der Waals surface area contributed by atoms with Gasteiger partial charge in [-0.25, -0.2) is 9.68 Å². The highest BCUT2D eigenvalue weighted by Gasteiger charge is 2.36. The summed E-state index contributed by atoms with van der Waals surface area (Å²) in [4.78, 5) is 18.0. The lowest BCUT2D eigenvalue weighted by Crippen LogP contribution is -2.37. The Labute approximate surface area is 112 Å². The summed E-state index contributed by atoms with van der Waals surface area (Å²) in [6.45, 7) is 5.98. The van der Waals surface area contributed by atoms with E-state index in [4.69, 9.17) is 9.99 Å². The fourth-order valence-corrected chi connectivity index (χ4v) is 2.23. The predicted molar refractivity (Wildman–Crippen MR) is 69.5 cm³/mol. The van der Waals surface area contributed by atoms with Crippen LogP contribution in [-0.4, -0.2) is 28.5 Å². The minimum Gasteiger partial charge on any atom is -0.444 e. The molecule has 5 heteroatoms. The molecule has 1 aliphatic heterocycles. The Bertz CT molecular complexity index is 467. The van der Waals surface area contributed by atoms with Crippen molar-refractivity contribution in [2.45, 2.75) is 39.0 Å². The molecule has 0 aliphatic carbocycles. The van der Waals surface area contributed by atoms with Crippen LogP contribution in [0, 0.1) is 0 Å². The minimum absolute atomic E-state index is 0.0380. The molecule has 0 bridgehead atoms. The number of nitrogens with zero attached hydrogens (tertiary/aromatic N) is 1. The van der Waals surface area contributed by atoms with E-state index < -0.39 is 11.7 Å². The van der Waals surface area contributed by atoms with Crippen LogP contribution in [0.1, 0.15) is 37.9 Å². The highest BCUT2D eigenvalue weighted by molar-refractivity contribution is 5.70. The molecule has 1 unspecified atom stereocenters. The molecule has 1 aromatic carbocycles. The van der Waals surface area contributed by atoms with E-state index in [9.17, 15) is 4.79 Å². The lowest BCUT2D eigenvalue weighted by Gasteiger charge is -2.28. The molecule has 0 radical (unpaired) electrons. The normalized spacial score (nSPS) is 18.3. The molecule has 5 nitrogen and oxygen atoms in total. The van der Waals surface area contributed by atoms with Gasteiger partial charge in [0, 0.05) is 0 Å². The number of carbonyl (C=O) groups excluding carboxylic acids is 1. The first kappa shape index (κ1) is 13.8. The minimum atomic E-state index is -0.545. The van der Waals surface area contributed by atoms with Crippen LogP contribution in [-0.2, 0) is 16.2 Å². The molecule has 19 heavy (non-hydrogen) atoms. The standard InChI is InChI=1S/C14H19NO4/c1-14(2,3)19-13(16)15-8-10-6-4-5-7-11(10)12(15)9-18-17/h4-7,12,17H,8-9H2,1-3H3. The molecule has 0 fully saturated rings. The summed E-state index contributed by atoms with van der Waals surface area (Å²) in [5.41, 5.74) is 1.49. The average molecular weight is 265 g/mol. The molecular weight excluding hydrogens is 246 g/mol. The first-order valence-corrected chi connectivity index (χ1v) is 6.26. The Morgan fingerprint density at radius 1 is 1.42 bits per heavy atom. The maximum Gasteiger partial charge on any atom is 0.411 e. The predicted octanol–water partition coefficient (Wildman–Crippen LogP) is 2.97. The van der Waals surface area contributed by atoms with Crippen molar-refractivity contribution >= 4 is 6.09 Å². The van der Waals surface area contributed by atoms with Crippen LogP contribution in [0.5, 0.6) is 0 Å². The third-order valence-electron chi connectivity index (χ3n) is 2.99. The maximum absolute atomic E-state index is 12.2. The second-order valence-corrected chi connectivity index (χ2v) is 5.62. The molecule has 1 atom stereocenters. The Morgan fingerprint density at radius 2 is 2.11 bits per heavy atom. The molecule has 1 heterocycles. The summed E-state index contributed by atoms with van der Waals surface area (Å²) in [6.07, 6.45) is -0.397. The zero-order valence-electron chi connectivity index (χ0n) is 11.4. The van der Waals surface area contributed by atoms with E-state index in [2.05, 4.69) is 4.89 Å². The van der Waals surface area contributed by atoms with Crippen LogP contribution in [0.25, 0.3) is 0 Å². The Kier molecular flexibility index (Phi) is 3.78. The van der Waals surface area contributed by atoms with Crippen molar-refractivity contribution in [2.24, 2.45) is 0 Å². The Balaban J connectivity index is 2.21. The van der Waals surface area contributed by atoms with Crippen LogP contribution in [0.15, 0.2) is 24.3 Å². The fourth-order valence-electron chi connectivity index (χ4n) is 2.23. The number of amides is 1. The lowest BCUT2D eigenvalue weighted by atomic mass is 10.1. The third kappa shape index (κ3) is 3.05. The van der Waals surface area contributed by atoms with Gasteiger partial charge in [0.15, 0.2) is 0 Å². The van der Waals surface area contributed by atoms with E-state index in [0.29, 0.717) is 6.54 Å². The van der Waals surface area contributed by atoms with Crippen molar-refractivity contribution in [1.29, 1.82) is 0 Å². The van der Waals surface area contributed by atoms with Gasteiger partial charge in [0.05, 0.1) is 12.6 Å². The molecule has 0 aromatic heterocycles. The number of rotatable bonds is 2. The first-order chi connectivity index (χ1) is 8.92. The lowest BCUT2D eigenvalue weighted by molar-refractivity contribution is -0.251. The van der Waals surface area contributed by atoms with Gasteiger partial charge in [-0.1, -0.05) is 24.3 Å². The van der Waals surface area contributed by atoms with E-state index in [0.717, 1.165) is 11.1 Å². The van der Waals surface area contributed by atoms with Crippen molar-refractivity contribution in [1.82, 2.24) is 4.90 Å². The molecule has 1 aromatic rings. The van der Waals surface area contributed by atoms with Gasteiger partial charge in [0.25, 0.3) is 0 Å². The van der Waals surface area contributed by atoms with Crippen molar-refractivity contribution in [3.05, 3.63) is 35.4 Å². The van der Waals surface area contributed by atoms with Crippen molar-refractivity contribution in [3.8, 4) is 0 Å². The fraction of sp³-hybridized carbons (Fsp3) is 0.500. The van der Waals surface area contributed by atoms with Crippen LogP contribution >= 0.6 is 0 Å². The largest absolute Gasteiger partial charge is 0.444 e. The second-order valence-electron chi connectivity index (χ2n) is 5.62. The monoisotopic (exact) mass is 265 g/mol. The summed E-state index contributed by atoms with van der Waals surface area (Å²) in [7, 11) is 0. The molecule has 104 valence electrons. The summed E-state index contributed by atoms with van der Waals surface area (Å²) in [5, 5.41) is 8.71. The quantitative estimate of drug-likeness (QED) is 0.659. The molecule has 0 saturated heterocycles. The number of fused-ring (bicyclic) bond motifs is 1. The van der Waals surface area contributed by atoms with E-state index in [-0.39, 0.29) is 12.6 Å². The van der Waals surface area contributed by atoms with Crippen molar-refractivity contribution in [2.75, 3.05) is 6.61 Å². The van der Waals surface area contributed by atoms with Crippen molar-refractivity contribution in [3.63, 3.8) is 0 Å². The summed E-state index contributed by atoms with van der Waals surface area (Å²) < 4.78 is 5.38. The van der Waals surface area contributed by atoms with Gasteiger partial charge in [0.2, 0.25) is 0 Å². The van der Waals surface area contributed by atoms with Gasteiger partial charge < -0.3 is 4.74 Å². The second kappa shape index (κ2) is 5.19. The number of hydrogen-bond acceptors (Lipinski definition) is 4. The van der Waals surface area contributed by atoms with Crippen LogP contribution in [0.4, 0.5) is 4.79 Å². The Morgan fingerprint density at radius 3 is 2.74 bits per heavy atom. The van der Waals surface area contributed by atoms with Gasteiger partial charge in [0.1, 0.15) is 12.2 Å². The van der Waals surface area contributed by atoms with Crippen molar-refractivity contribution < 1.29 is 19.7 Å². The smallest absolute Gasteiger partial charge is 0.411 e. The summed E-state index contributed by atoms with van der Waals surface area (Å²) in [5.74, 6) is 0. The molecule has 1 amide bonds. The number of benzene rings is 1. The van der Waals surface area contributed by atoms with Gasteiger partial charge in [-0.2, -0.15) is 0 Å². The molecular formula is C14H19NO4. The molecule has 1 aliphatic rings. The van der Waals surface area contributed by atoms with Crippen LogP contribution in [0.2, 0.25) is 0 Å². The maximum atomic E-state index is 12.2. The first-order valence-electron chi connectivity index (χ1n) is 6.26. The number of ether oxygens (including phenoxy) is 1. The zero-order chi connectivity index (χ0) is 14.0. The third-order valence-corrected chi connectivity index (χ3v) is 2.99. The number of hydrogen-bond donors (Lipinski definition) is 1.